The van der Waals surface area contributed by atoms with Gasteiger partial charge in [0, 0.05) is 16.9 Å². The van der Waals surface area contributed by atoms with Gasteiger partial charge in [-0.2, -0.15) is 0 Å². The molecule has 202 valence electrons. The number of hydrogen-bond acceptors (Lipinski definition) is 6. The summed E-state index contributed by atoms with van der Waals surface area (Å²) >= 11 is 0. The first-order valence-corrected chi connectivity index (χ1v) is 17.4. The molecular weight excluding hydrogens is 511 g/mol. The van der Waals surface area contributed by atoms with Gasteiger partial charge in [-0.3, -0.25) is 4.39 Å². The van der Waals surface area contributed by atoms with Gasteiger partial charge in [-0.05, 0) is 56.4 Å². The van der Waals surface area contributed by atoms with Gasteiger partial charge in [0.15, 0.2) is 0 Å². The summed E-state index contributed by atoms with van der Waals surface area (Å²) in [6.45, 7) is 11.1. The zero-order valence-electron chi connectivity index (χ0n) is 22.4. The van der Waals surface area contributed by atoms with Crippen molar-refractivity contribution in [1.82, 2.24) is 5.16 Å². The zero-order valence-corrected chi connectivity index (χ0v) is 24.2. The number of anilines is 1. The molecular formula is C27H37FN2O5SSi. The summed E-state index contributed by atoms with van der Waals surface area (Å²) in [5.74, 6) is 0.114. The van der Waals surface area contributed by atoms with Crippen molar-refractivity contribution < 1.29 is 27.2 Å². The predicted molar refractivity (Wildman–Crippen MR) is 146 cm³/mol. The van der Waals surface area contributed by atoms with Gasteiger partial charge < -0.3 is 14.4 Å². The molecule has 1 unspecified atom stereocenters. The van der Waals surface area contributed by atoms with Crippen molar-refractivity contribution in [3.8, 4) is 11.1 Å². The number of rotatable bonds is 12. The first-order chi connectivity index (χ1) is 17.4. The summed E-state index contributed by atoms with van der Waals surface area (Å²) in [5.41, 5.74) is 3.71. The Bertz CT molecular complexity index is 1320. The highest BCUT2D eigenvalue weighted by Crippen LogP contribution is 2.36. The maximum Gasteiger partial charge on any atom is 0.269 e. The van der Waals surface area contributed by atoms with Gasteiger partial charge in [-0.25, -0.2) is 12.7 Å². The van der Waals surface area contributed by atoms with Crippen molar-refractivity contribution in [1.29, 1.82) is 0 Å². The Kier molecular flexibility index (Phi) is 9.33. The van der Waals surface area contributed by atoms with Gasteiger partial charge in [0.05, 0.1) is 31.9 Å². The van der Waals surface area contributed by atoms with Crippen molar-refractivity contribution in [2.75, 3.05) is 17.7 Å². The SMILES string of the molecule is Cc1noc(N(COC(C)[Si](C)(C)C)S(=O)(=O)c2ccccc2-c2ccc(CO)cc2CCCF)c1C. The molecule has 0 radical (unpaired) electrons. The average molecular weight is 549 g/mol. The molecule has 0 fully saturated rings. The number of sulfonamides is 1. The third-order valence-corrected chi connectivity index (χ3v) is 11.1. The van der Waals surface area contributed by atoms with Crippen LogP contribution in [-0.2, 0) is 27.8 Å². The van der Waals surface area contributed by atoms with Crippen LogP contribution >= 0.6 is 0 Å². The smallest absolute Gasteiger partial charge is 0.269 e. The highest BCUT2D eigenvalue weighted by atomic mass is 32.2. The minimum atomic E-state index is -4.17. The Hall–Kier alpha value is -2.53. The van der Waals surface area contributed by atoms with E-state index >= 15 is 0 Å². The molecule has 37 heavy (non-hydrogen) atoms. The number of benzene rings is 2. The van der Waals surface area contributed by atoms with Crippen molar-refractivity contribution in [2.45, 2.75) is 70.5 Å². The fourth-order valence-corrected chi connectivity index (χ4v) is 5.91. The lowest BCUT2D eigenvalue weighted by Crippen LogP contribution is -2.42. The first kappa shape index (κ1) is 29.0. The molecule has 0 aliphatic carbocycles. The quantitative estimate of drug-likeness (QED) is 0.228. The fourth-order valence-electron chi connectivity index (χ4n) is 3.81. The lowest BCUT2D eigenvalue weighted by atomic mass is 9.95. The maximum atomic E-state index is 14.3. The molecule has 2 aromatic carbocycles. The van der Waals surface area contributed by atoms with Crippen LogP contribution in [0.5, 0.6) is 0 Å². The van der Waals surface area contributed by atoms with Gasteiger partial charge in [0.1, 0.15) is 6.73 Å². The minimum absolute atomic E-state index is 0.0750. The van der Waals surface area contributed by atoms with E-state index in [1.807, 2.05) is 6.92 Å². The van der Waals surface area contributed by atoms with Crippen LogP contribution in [0.4, 0.5) is 10.3 Å². The van der Waals surface area contributed by atoms with E-state index in [0.29, 0.717) is 40.8 Å². The Labute approximate surface area is 220 Å². The molecule has 1 heterocycles. The third-order valence-electron chi connectivity index (χ3n) is 6.70. The predicted octanol–water partition coefficient (Wildman–Crippen LogP) is 5.79. The van der Waals surface area contributed by atoms with Crippen molar-refractivity contribution in [3.05, 3.63) is 64.8 Å². The summed E-state index contributed by atoms with van der Waals surface area (Å²) in [7, 11) is -5.88. The molecule has 0 spiro atoms. The molecule has 0 saturated carbocycles. The van der Waals surface area contributed by atoms with E-state index in [9.17, 15) is 17.9 Å². The van der Waals surface area contributed by atoms with E-state index < -0.39 is 24.8 Å². The second-order valence-corrected chi connectivity index (χ2v) is 17.7. The minimum Gasteiger partial charge on any atom is -0.392 e. The number of halogens is 1. The maximum absolute atomic E-state index is 14.3. The van der Waals surface area contributed by atoms with E-state index in [-0.39, 0.29) is 29.8 Å². The second kappa shape index (κ2) is 11.9. The summed E-state index contributed by atoms with van der Waals surface area (Å²) in [6, 6.07) is 12.1. The van der Waals surface area contributed by atoms with Crippen LogP contribution in [0.2, 0.25) is 19.6 Å². The van der Waals surface area contributed by atoms with Gasteiger partial charge in [0.25, 0.3) is 10.0 Å². The molecule has 10 heteroatoms. The number of nitrogens with zero attached hydrogens (tertiary/aromatic N) is 2. The molecule has 3 aromatic rings. The van der Waals surface area contributed by atoms with E-state index in [2.05, 4.69) is 24.8 Å². The molecule has 1 aromatic heterocycles. The Morgan fingerprint density at radius 1 is 1.14 bits per heavy atom. The highest BCUT2D eigenvalue weighted by Gasteiger charge is 2.34. The van der Waals surface area contributed by atoms with Gasteiger partial charge in [-0.15, -0.1) is 0 Å². The summed E-state index contributed by atoms with van der Waals surface area (Å²) in [4.78, 5) is 0.0750. The Morgan fingerprint density at radius 3 is 2.43 bits per heavy atom. The molecule has 3 rings (SSSR count). The van der Waals surface area contributed by atoms with E-state index in [0.717, 1.165) is 9.87 Å². The Morgan fingerprint density at radius 2 is 1.84 bits per heavy atom. The number of alkyl halides is 1. The number of aromatic nitrogens is 1. The number of aliphatic hydroxyl groups excluding tert-OH is 1. The molecule has 0 bridgehead atoms. The third kappa shape index (κ3) is 6.49. The van der Waals surface area contributed by atoms with Crippen LogP contribution in [0.1, 0.15) is 35.7 Å². The molecule has 1 N–H and O–H groups in total. The largest absolute Gasteiger partial charge is 0.392 e. The molecule has 1 atom stereocenters. The molecule has 0 amide bonds. The van der Waals surface area contributed by atoms with Crippen LogP contribution < -0.4 is 4.31 Å². The summed E-state index contributed by atoms with van der Waals surface area (Å²) < 4.78 is 54.3. The van der Waals surface area contributed by atoms with Gasteiger partial charge in [0.2, 0.25) is 5.88 Å². The van der Waals surface area contributed by atoms with Crippen molar-refractivity contribution in [3.63, 3.8) is 0 Å². The monoisotopic (exact) mass is 548 g/mol. The summed E-state index contributed by atoms with van der Waals surface area (Å²) in [6.07, 6.45) is 0.705. The molecule has 7 nitrogen and oxygen atoms in total. The molecule has 0 saturated heterocycles. The zero-order chi connectivity index (χ0) is 27.4. The van der Waals surface area contributed by atoms with E-state index in [1.165, 1.54) is 0 Å². The first-order valence-electron chi connectivity index (χ1n) is 12.4. The van der Waals surface area contributed by atoms with Crippen LogP contribution in [0, 0.1) is 13.8 Å². The van der Waals surface area contributed by atoms with Gasteiger partial charge in [-0.1, -0.05) is 61.2 Å². The van der Waals surface area contributed by atoms with Crippen LogP contribution in [0.3, 0.4) is 0 Å². The van der Waals surface area contributed by atoms with E-state index in [4.69, 9.17) is 9.26 Å². The van der Waals surface area contributed by atoms with Crippen molar-refractivity contribution in [2.24, 2.45) is 0 Å². The highest BCUT2D eigenvalue weighted by molar-refractivity contribution is 7.93. The van der Waals surface area contributed by atoms with Crippen LogP contribution in [-0.4, -0.2) is 45.9 Å². The number of hydrogen-bond donors (Lipinski definition) is 1. The number of ether oxygens (including phenoxy) is 1. The van der Waals surface area contributed by atoms with Crippen molar-refractivity contribution >= 4 is 24.0 Å². The average Bonchev–Trinajstić information content (AvgIpc) is 3.19. The lowest BCUT2D eigenvalue weighted by molar-refractivity contribution is 0.117. The number of aryl methyl sites for hydroxylation is 2. The molecule has 0 aliphatic heterocycles. The number of aliphatic hydroxyl groups is 1. The lowest BCUT2D eigenvalue weighted by Gasteiger charge is -2.29. The Balaban J connectivity index is 2.15. The molecule has 0 aliphatic rings. The second-order valence-electron chi connectivity index (χ2n) is 10.3. The van der Waals surface area contributed by atoms with E-state index in [1.54, 1.807) is 56.3 Å². The summed E-state index contributed by atoms with van der Waals surface area (Å²) in [5, 5.41) is 13.6. The normalized spacial score (nSPS) is 13.1. The standard InChI is InChI=1S/C27H37FN2O5SSi/c1-19-20(2)29-35-27(19)30(18-34-21(3)37(4,5)6)36(32,33)26-12-8-7-11-25(26)24-14-13-22(17-31)16-23(24)10-9-15-28/h7-8,11-14,16,21,31H,9-10,15,17-18H2,1-6H3. The topological polar surface area (TPSA) is 92.9 Å². The van der Waals surface area contributed by atoms with Gasteiger partial charge >= 0.3 is 0 Å². The van der Waals surface area contributed by atoms with Crippen LogP contribution in [0.25, 0.3) is 11.1 Å². The fraction of sp³-hybridized carbons (Fsp3) is 0.444. The van der Waals surface area contributed by atoms with Crippen LogP contribution in [0.15, 0.2) is 51.9 Å².